The third kappa shape index (κ3) is 2.95. The molecule has 0 unspecified atom stereocenters. The summed E-state index contributed by atoms with van der Waals surface area (Å²) in [6.07, 6.45) is 4.24. The van der Waals surface area contributed by atoms with Gasteiger partial charge in [-0.3, -0.25) is 0 Å². The van der Waals surface area contributed by atoms with Crippen LogP contribution in [0.3, 0.4) is 0 Å². The lowest BCUT2D eigenvalue weighted by Gasteiger charge is -1.98. The summed E-state index contributed by atoms with van der Waals surface area (Å²) < 4.78 is 5.91. The molecule has 0 aliphatic heterocycles. The van der Waals surface area contributed by atoms with Crippen molar-refractivity contribution < 1.29 is 4.42 Å². The third-order valence-electron chi connectivity index (χ3n) is 3.89. The average Bonchev–Trinajstić information content (AvgIpc) is 3.05. The maximum atomic E-state index is 5.91. The molecule has 0 aliphatic carbocycles. The number of benzene rings is 3. The van der Waals surface area contributed by atoms with Crippen LogP contribution in [-0.4, -0.2) is 0 Å². The first-order valence-corrected chi connectivity index (χ1v) is 7.71. The Morgan fingerprint density at radius 2 is 1.26 bits per heavy atom. The quantitative estimate of drug-likeness (QED) is 0.406. The van der Waals surface area contributed by atoms with E-state index in [-0.39, 0.29) is 0 Å². The highest BCUT2D eigenvalue weighted by molar-refractivity contribution is 5.83. The molecule has 23 heavy (non-hydrogen) atoms. The van der Waals surface area contributed by atoms with Gasteiger partial charge >= 0.3 is 0 Å². The topological polar surface area (TPSA) is 13.1 Å². The molecule has 0 radical (unpaired) electrons. The molecule has 0 amide bonds. The van der Waals surface area contributed by atoms with Crippen LogP contribution in [0.15, 0.2) is 89.3 Å². The van der Waals surface area contributed by atoms with Crippen LogP contribution in [0, 0.1) is 0 Å². The summed E-state index contributed by atoms with van der Waals surface area (Å²) >= 11 is 0. The van der Waals surface area contributed by atoms with Crippen molar-refractivity contribution in [2.75, 3.05) is 0 Å². The SMILES string of the molecule is C(=Cc1ccc(-c2cc3ccccc3o2)cc1)c1ccccc1. The van der Waals surface area contributed by atoms with Crippen molar-refractivity contribution in [1.29, 1.82) is 0 Å². The number of rotatable bonds is 3. The standard InChI is InChI=1S/C22H16O/c1-2-6-17(7-3-1)10-11-18-12-14-19(15-13-18)22-16-20-8-4-5-9-21(20)23-22/h1-16H. The van der Waals surface area contributed by atoms with Gasteiger partial charge in [0.2, 0.25) is 0 Å². The lowest BCUT2D eigenvalue weighted by molar-refractivity contribution is 0.631. The Bertz CT molecular complexity index is 911. The van der Waals surface area contributed by atoms with E-state index in [2.05, 4.69) is 60.7 Å². The van der Waals surface area contributed by atoms with Crippen molar-refractivity contribution in [2.24, 2.45) is 0 Å². The molecule has 1 heterocycles. The van der Waals surface area contributed by atoms with Gasteiger partial charge in [-0.25, -0.2) is 0 Å². The van der Waals surface area contributed by atoms with Crippen LogP contribution in [0.1, 0.15) is 11.1 Å². The van der Waals surface area contributed by atoms with Gasteiger partial charge in [0.15, 0.2) is 0 Å². The zero-order valence-corrected chi connectivity index (χ0v) is 12.6. The van der Waals surface area contributed by atoms with Crippen molar-refractivity contribution >= 4 is 23.1 Å². The largest absolute Gasteiger partial charge is 0.456 e. The van der Waals surface area contributed by atoms with Gasteiger partial charge < -0.3 is 4.42 Å². The van der Waals surface area contributed by atoms with Gasteiger partial charge in [-0.2, -0.15) is 0 Å². The molecule has 1 nitrogen and oxygen atoms in total. The van der Waals surface area contributed by atoms with E-state index in [1.54, 1.807) is 0 Å². The number of hydrogen-bond acceptors (Lipinski definition) is 1. The monoisotopic (exact) mass is 296 g/mol. The predicted molar refractivity (Wildman–Crippen MR) is 97.0 cm³/mol. The fourth-order valence-electron chi connectivity index (χ4n) is 2.64. The second-order valence-electron chi connectivity index (χ2n) is 5.51. The van der Waals surface area contributed by atoms with E-state index in [4.69, 9.17) is 4.42 Å². The predicted octanol–water partition coefficient (Wildman–Crippen LogP) is 6.27. The highest BCUT2D eigenvalue weighted by Gasteiger charge is 2.05. The molecule has 4 aromatic rings. The maximum Gasteiger partial charge on any atom is 0.135 e. The summed E-state index contributed by atoms with van der Waals surface area (Å²) in [5, 5.41) is 1.13. The molecule has 0 N–H and O–H groups in total. The van der Waals surface area contributed by atoms with E-state index in [0.717, 1.165) is 22.3 Å². The second kappa shape index (κ2) is 5.98. The van der Waals surface area contributed by atoms with Gasteiger partial charge in [-0.15, -0.1) is 0 Å². The van der Waals surface area contributed by atoms with Crippen molar-refractivity contribution in [3.05, 3.63) is 96.1 Å². The van der Waals surface area contributed by atoms with Gasteiger partial charge in [0.25, 0.3) is 0 Å². The molecular formula is C22H16O. The van der Waals surface area contributed by atoms with Gasteiger partial charge in [0, 0.05) is 10.9 Å². The minimum atomic E-state index is 0.907. The van der Waals surface area contributed by atoms with Crippen LogP contribution in [0.4, 0.5) is 0 Å². The Morgan fingerprint density at radius 3 is 2.00 bits per heavy atom. The van der Waals surface area contributed by atoms with E-state index in [9.17, 15) is 0 Å². The van der Waals surface area contributed by atoms with E-state index in [1.165, 1.54) is 11.1 Å². The fourth-order valence-corrected chi connectivity index (χ4v) is 2.64. The molecule has 0 bridgehead atoms. The first kappa shape index (κ1) is 13.6. The molecule has 0 fully saturated rings. The van der Waals surface area contributed by atoms with Gasteiger partial charge in [-0.05, 0) is 23.3 Å². The maximum absolute atomic E-state index is 5.91. The first-order valence-electron chi connectivity index (χ1n) is 7.71. The number of furan rings is 1. The zero-order chi connectivity index (χ0) is 15.5. The summed E-state index contributed by atoms with van der Waals surface area (Å²) in [5.41, 5.74) is 4.40. The molecule has 0 saturated heterocycles. The number of para-hydroxylation sites is 1. The van der Waals surface area contributed by atoms with Gasteiger partial charge in [-0.1, -0.05) is 84.9 Å². The van der Waals surface area contributed by atoms with Crippen LogP contribution in [0.25, 0.3) is 34.4 Å². The van der Waals surface area contributed by atoms with Crippen molar-refractivity contribution in [1.82, 2.24) is 0 Å². The van der Waals surface area contributed by atoms with E-state index in [0.29, 0.717) is 0 Å². The molecule has 110 valence electrons. The molecule has 1 heteroatoms. The first-order chi connectivity index (χ1) is 11.4. The van der Waals surface area contributed by atoms with E-state index in [1.807, 2.05) is 36.4 Å². The Hall–Kier alpha value is -3.06. The molecule has 1 aromatic heterocycles. The summed E-state index contributed by atoms with van der Waals surface area (Å²) in [6, 6.07) is 28.9. The number of fused-ring (bicyclic) bond motifs is 1. The van der Waals surface area contributed by atoms with Crippen molar-refractivity contribution in [3.8, 4) is 11.3 Å². The Balaban J connectivity index is 1.59. The minimum Gasteiger partial charge on any atom is -0.456 e. The normalized spacial score (nSPS) is 11.3. The van der Waals surface area contributed by atoms with Gasteiger partial charge in [0.1, 0.15) is 11.3 Å². The Labute approximate surface area is 135 Å². The van der Waals surface area contributed by atoms with Crippen LogP contribution < -0.4 is 0 Å². The average molecular weight is 296 g/mol. The highest BCUT2D eigenvalue weighted by atomic mass is 16.3. The molecule has 0 spiro atoms. The summed E-state index contributed by atoms with van der Waals surface area (Å²) in [6.45, 7) is 0. The van der Waals surface area contributed by atoms with Crippen molar-refractivity contribution in [2.45, 2.75) is 0 Å². The molecule has 0 aliphatic rings. The lowest BCUT2D eigenvalue weighted by Crippen LogP contribution is -1.76. The smallest absolute Gasteiger partial charge is 0.135 e. The van der Waals surface area contributed by atoms with Crippen LogP contribution >= 0.6 is 0 Å². The van der Waals surface area contributed by atoms with E-state index >= 15 is 0 Å². The number of hydrogen-bond donors (Lipinski definition) is 0. The highest BCUT2D eigenvalue weighted by Crippen LogP contribution is 2.28. The summed E-state index contributed by atoms with van der Waals surface area (Å²) in [4.78, 5) is 0. The minimum absolute atomic E-state index is 0.907. The molecular weight excluding hydrogens is 280 g/mol. The lowest BCUT2D eigenvalue weighted by atomic mass is 10.1. The van der Waals surface area contributed by atoms with Crippen LogP contribution in [0.5, 0.6) is 0 Å². The van der Waals surface area contributed by atoms with Crippen LogP contribution in [-0.2, 0) is 0 Å². The molecule has 0 saturated carbocycles. The van der Waals surface area contributed by atoms with Crippen LogP contribution in [0.2, 0.25) is 0 Å². The van der Waals surface area contributed by atoms with E-state index < -0.39 is 0 Å². The summed E-state index contributed by atoms with van der Waals surface area (Å²) in [7, 11) is 0. The third-order valence-corrected chi connectivity index (χ3v) is 3.89. The van der Waals surface area contributed by atoms with Gasteiger partial charge in [0.05, 0.1) is 0 Å². The second-order valence-corrected chi connectivity index (χ2v) is 5.51. The Morgan fingerprint density at radius 1 is 0.609 bits per heavy atom. The molecule has 0 atom stereocenters. The van der Waals surface area contributed by atoms with Crippen molar-refractivity contribution in [3.63, 3.8) is 0 Å². The molecule has 3 aromatic carbocycles. The fraction of sp³-hybridized carbons (Fsp3) is 0. The summed E-state index contributed by atoms with van der Waals surface area (Å²) in [5.74, 6) is 0.907. The molecule has 4 rings (SSSR count). The Kier molecular flexibility index (Phi) is 3.53. The zero-order valence-electron chi connectivity index (χ0n) is 12.6.